The smallest absolute Gasteiger partial charge is 0.240 e. The van der Waals surface area contributed by atoms with Gasteiger partial charge in [0.25, 0.3) is 0 Å². The summed E-state index contributed by atoms with van der Waals surface area (Å²) in [5.41, 5.74) is 0.711. The quantitative estimate of drug-likeness (QED) is 0.596. The van der Waals surface area contributed by atoms with E-state index in [9.17, 15) is 14.4 Å². The van der Waals surface area contributed by atoms with Gasteiger partial charge in [-0.3, -0.25) is 14.4 Å². The van der Waals surface area contributed by atoms with Gasteiger partial charge in [-0.15, -0.1) is 0 Å². The van der Waals surface area contributed by atoms with E-state index in [2.05, 4.69) is 15.5 Å². The number of para-hydroxylation sites is 1. The molecular weight excluding hydrogens is 442 g/mol. The van der Waals surface area contributed by atoms with E-state index < -0.39 is 5.41 Å². The molecule has 184 valence electrons. The number of carbonyl (C=O) groups is 3. The standard InChI is InChI=1S/C28H33N3O4/c1-18(19-8-12-24(35-2)13-9-19)25(32)31-22-10-11-23(31)17-21(16-22)30-27(34)28(14-15-28)26(33)29-20-6-4-3-5-7-20/h3-9,12-13,18,21-23H,10-11,14-17H2,1-2H3,(H,29,33)(H,30,34)/t18?,22-,23-/m0/s1. The van der Waals surface area contributed by atoms with Gasteiger partial charge in [0.05, 0.1) is 13.0 Å². The van der Waals surface area contributed by atoms with Crippen molar-refractivity contribution in [2.45, 2.75) is 69.5 Å². The van der Waals surface area contributed by atoms with Crippen LogP contribution in [0.3, 0.4) is 0 Å². The number of benzene rings is 2. The number of hydrogen-bond donors (Lipinski definition) is 2. The normalized spacial score (nSPS) is 24.9. The molecule has 7 heteroatoms. The number of piperidine rings is 1. The summed E-state index contributed by atoms with van der Waals surface area (Å²) in [6, 6.07) is 17.2. The zero-order valence-electron chi connectivity index (χ0n) is 20.3. The molecule has 2 saturated heterocycles. The molecule has 2 aromatic rings. The minimum atomic E-state index is -0.968. The predicted molar refractivity (Wildman–Crippen MR) is 133 cm³/mol. The SMILES string of the molecule is COc1ccc(C(C)C(=O)N2[C@H]3CC[C@H]2CC(NC(=O)C2(C(=O)Nc4ccccc4)CC2)C3)cc1. The van der Waals surface area contributed by atoms with E-state index in [0.29, 0.717) is 18.5 Å². The number of rotatable bonds is 7. The number of anilines is 1. The third kappa shape index (κ3) is 4.51. The molecule has 0 aromatic heterocycles. The fraction of sp³-hybridized carbons (Fsp3) is 0.464. The van der Waals surface area contributed by atoms with Crippen LogP contribution in [-0.2, 0) is 14.4 Å². The average Bonchev–Trinajstić information content (AvgIpc) is 3.65. The Bertz CT molecular complexity index is 1080. The van der Waals surface area contributed by atoms with Gasteiger partial charge in [0.1, 0.15) is 11.2 Å². The lowest BCUT2D eigenvalue weighted by Crippen LogP contribution is -2.54. The summed E-state index contributed by atoms with van der Waals surface area (Å²) in [4.78, 5) is 41.5. The predicted octanol–water partition coefficient (Wildman–Crippen LogP) is 3.86. The molecule has 3 atom stereocenters. The van der Waals surface area contributed by atoms with E-state index in [1.165, 1.54) is 0 Å². The Labute approximate surface area is 206 Å². The molecule has 3 aliphatic rings. The monoisotopic (exact) mass is 475 g/mol. The molecule has 2 aliphatic heterocycles. The third-order valence-corrected chi connectivity index (χ3v) is 7.96. The Balaban J connectivity index is 1.20. The van der Waals surface area contributed by atoms with E-state index in [-0.39, 0.29) is 41.8 Å². The lowest BCUT2D eigenvalue weighted by Gasteiger charge is -2.40. The Kier molecular flexibility index (Phi) is 6.26. The molecule has 7 nitrogen and oxygen atoms in total. The molecule has 2 aromatic carbocycles. The van der Waals surface area contributed by atoms with Crippen molar-refractivity contribution in [1.29, 1.82) is 0 Å². The number of fused-ring (bicyclic) bond motifs is 2. The molecule has 1 aliphatic carbocycles. The largest absolute Gasteiger partial charge is 0.497 e. The first kappa shape index (κ1) is 23.4. The molecule has 2 N–H and O–H groups in total. The summed E-state index contributed by atoms with van der Waals surface area (Å²) >= 11 is 0. The second kappa shape index (κ2) is 9.36. The van der Waals surface area contributed by atoms with Crippen LogP contribution < -0.4 is 15.4 Å². The van der Waals surface area contributed by atoms with Crippen LogP contribution in [0, 0.1) is 5.41 Å². The van der Waals surface area contributed by atoms with Crippen molar-refractivity contribution in [3.63, 3.8) is 0 Å². The Hall–Kier alpha value is -3.35. The van der Waals surface area contributed by atoms with Crippen molar-refractivity contribution in [3.05, 3.63) is 60.2 Å². The van der Waals surface area contributed by atoms with Crippen LogP contribution in [0.2, 0.25) is 0 Å². The fourth-order valence-electron chi connectivity index (χ4n) is 5.69. The summed E-state index contributed by atoms with van der Waals surface area (Å²) in [5, 5.41) is 6.06. The Morgan fingerprint density at radius 2 is 1.57 bits per heavy atom. The molecule has 1 saturated carbocycles. The van der Waals surface area contributed by atoms with E-state index in [1.54, 1.807) is 7.11 Å². The summed E-state index contributed by atoms with van der Waals surface area (Å²) < 4.78 is 5.23. The van der Waals surface area contributed by atoms with Gasteiger partial charge >= 0.3 is 0 Å². The maximum Gasteiger partial charge on any atom is 0.240 e. The van der Waals surface area contributed by atoms with Crippen LogP contribution in [-0.4, -0.2) is 47.9 Å². The first-order valence-electron chi connectivity index (χ1n) is 12.5. The van der Waals surface area contributed by atoms with Crippen LogP contribution in [0.1, 0.15) is 56.9 Å². The van der Waals surface area contributed by atoms with E-state index in [0.717, 1.165) is 37.0 Å². The molecule has 0 spiro atoms. The maximum absolute atomic E-state index is 13.4. The molecule has 3 fully saturated rings. The summed E-state index contributed by atoms with van der Waals surface area (Å²) in [7, 11) is 1.63. The lowest BCUT2D eigenvalue weighted by atomic mass is 9.92. The van der Waals surface area contributed by atoms with Gasteiger partial charge in [0.2, 0.25) is 17.7 Å². The van der Waals surface area contributed by atoms with Gasteiger partial charge in [-0.25, -0.2) is 0 Å². The highest BCUT2D eigenvalue weighted by atomic mass is 16.5. The molecule has 5 rings (SSSR count). The van der Waals surface area contributed by atoms with Gasteiger partial charge in [0, 0.05) is 23.8 Å². The van der Waals surface area contributed by atoms with Crippen molar-refractivity contribution in [3.8, 4) is 5.75 Å². The van der Waals surface area contributed by atoms with Crippen molar-refractivity contribution in [2.24, 2.45) is 5.41 Å². The minimum absolute atomic E-state index is 0.0117. The molecule has 2 bridgehead atoms. The van der Waals surface area contributed by atoms with E-state index >= 15 is 0 Å². The van der Waals surface area contributed by atoms with Crippen molar-refractivity contribution >= 4 is 23.4 Å². The highest BCUT2D eigenvalue weighted by molar-refractivity contribution is 6.13. The Morgan fingerprint density at radius 1 is 0.943 bits per heavy atom. The summed E-state index contributed by atoms with van der Waals surface area (Å²) in [6.45, 7) is 1.96. The van der Waals surface area contributed by atoms with Gasteiger partial charge in [-0.1, -0.05) is 30.3 Å². The molecule has 35 heavy (non-hydrogen) atoms. The molecule has 0 radical (unpaired) electrons. The number of nitrogens with zero attached hydrogens (tertiary/aromatic N) is 1. The van der Waals surface area contributed by atoms with Crippen molar-refractivity contribution < 1.29 is 19.1 Å². The summed E-state index contributed by atoms with van der Waals surface area (Å²) in [5.74, 6) is 0.280. The first-order chi connectivity index (χ1) is 16.9. The number of carbonyl (C=O) groups excluding carboxylic acids is 3. The molecule has 2 heterocycles. The van der Waals surface area contributed by atoms with Crippen molar-refractivity contribution in [2.75, 3.05) is 12.4 Å². The fourth-order valence-corrected chi connectivity index (χ4v) is 5.69. The van der Waals surface area contributed by atoms with Gasteiger partial charge < -0.3 is 20.3 Å². The van der Waals surface area contributed by atoms with Crippen LogP contribution in [0.25, 0.3) is 0 Å². The number of hydrogen-bond acceptors (Lipinski definition) is 4. The van der Waals surface area contributed by atoms with Gasteiger partial charge in [0.15, 0.2) is 0 Å². The van der Waals surface area contributed by atoms with Crippen LogP contribution >= 0.6 is 0 Å². The lowest BCUT2D eigenvalue weighted by molar-refractivity contribution is -0.137. The maximum atomic E-state index is 13.4. The average molecular weight is 476 g/mol. The minimum Gasteiger partial charge on any atom is -0.497 e. The number of ether oxygens (including phenoxy) is 1. The van der Waals surface area contributed by atoms with E-state index in [4.69, 9.17) is 4.74 Å². The number of amides is 3. The van der Waals surface area contributed by atoms with Gasteiger partial charge in [-0.05, 0) is 75.3 Å². The van der Waals surface area contributed by atoms with Crippen LogP contribution in [0.5, 0.6) is 5.75 Å². The second-order valence-corrected chi connectivity index (χ2v) is 10.2. The number of nitrogens with one attached hydrogen (secondary N) is 2. The Morgan fingerprint density at radius 3 is 2.14 bits per heavy atom. The summed E-state index contributed by atoms with van der Waals surface area (Å²) in [6.07, 6.45) is 4.52. The molecule has 3 amide bonds. The highest BCUT2D eigenvalue weighted by Gasteiger charge is 2.57. The van der Waals surface area contributed by atoms with Crippen LogP contribution in [0.15, 0.2) is 54.6 Å². The van der Waals surface area contributed by atoms with E-state index in [1.807, 2.05) is 61.5 Å². The van der Waals surface area contributed by atoms with Gasteiger partial charge in [-0.2, -0.15) is 0 Å². The number of methoxy groups -OCH3 is 1. The van der Waals surface area contributed by atoms with Crippen molar-refractivity contribution in [1.82, 2.24) is 10.2 Å². The zero-order chi connectivity index (χ0) is 24.6. The molecule has 1 unspecified atom stereocenters. The topological polar surface area (TPSA) is 87.7 Å². The first-order valence-corrected chi connectivity index (χ1v) is 12.5. The van der Waals surface area contributed by atoms with Crippen LogP contribution in [0.4, 0.5) is 5.69 Å². The molecular formula is C28H33N3O4. The third-order valence-electron chi connectivity index (χ3n) is 7.96. The second-order valence-electron chi connectivity index (χ2n) is 10.2. The zero-order valence-corrected chi connectivity index (χ0v) is 20.3. The highest BCUT2D eigenvalue weighted by Crippen LogP contribution is 2.47.